The average Bonchev–Trinajstić information content (AvgIpc) is 3.15. The van der Waals surface area contributed by atoms with E-state index in [-0.39, 0.29) is 23.8 Å². The second-order valence-electron chi connectivity index (χ2n) is 6.27. The SMILES string of the molecule is CCn1c(CNC(=O)c2ccccc2F)nnc1SCC(=O)Nc1ccc(Br)c(Cl)c1. The Labute approximate surface area is 195 Å². The number of amides is 2. The van der Waals surface area contributed by atoms with Gasteiger partial charge in [-0.15, -0.1) is 10.2 Å². The van der Waals surface area contributed by atoms with Crippen LogP contribution in [0, 0.1) is 5.82 Å². The summed E-state index contributed by atoms with van der Waals surface area (Å²) in [4.78, 5) is 24.5. The third-order valence-corrected chi connectivity index (χ3v) is 6.37. The van der Waals surface area contributed by atoms with E-state index in [1.165, 1.54) is 30.0 Å². The van der Waals surface area contributed by atoms with E-state index in [4.69, 9.17) is 11.6 Å². The van der Waals surface area contributed by atoms with Gasteiger partial charge in [0.1, 0.15) is 5.82 Å². The van der Waals surface area contributed by atoms with Crippen molar-refractivity contribution in [1.29, 1.82) is 0 Å². The van der Waals surface area contributed by atoms with Crippen molar-refractivity contribution in [1.82, 2.24) is 20.1 Å². The Morgan fingerprint density at radius 3 is 2.71 bits per heavy atom. The highest BCUT2D eigenvalue weighted by atomic mass is 79.9. The zero-order valence-electron chi connectivity index (χ0n) is 16.4. The third kappa shape index (κ3) is 6.05. The van der Waals surface area contributed by atoms with E-state index in [2.05, 4.69) is 36.8 Å². The fourth-order valence-corrected chi connectivity index (χ4v) is 3.92. The molecule has 0 saturated heterocycles. The molecular formula is C20H18BrClFN5O2S. The Morgan fingerprint density at radius 2 is 2.00 bits per heavy atom. The van der Waals surface area contributed by atoms with Crippen LogP contribution in [0.25, 0.3) is 0 Å². The maximum Gasteiger partial charge on any atom is 0.254 e. The van der Waals surface area contributed by atoms with Gasteiger partial charge in [0, 0.05) is 16.7 Å². The predicted molar refractivity (Wildman–Crippen MR) is 122 cm³/mol. The minimum Gasteiger partial charge on any atom is -0.345 e. The van der Waals surface area contributed by atoms with Gasteiger partial charge < -0.3 is 15.2 Å². The average molecular weight is 527 g/mol. The van der Waals surface area contributed by atoms with Gasteiger partial charge in [-0.05, 0) is 53.2 Å². The number of anilines is 1. The molecule has 1 aromatic heterocycles. The topological polar surface area (TPSA) is 88.9 Å². The van der Waals surface area contributed by atoms with Crippen molar-refractivity contribution >= 4 is 56.8 Å². The van der Waals surface area contributed by atoms with Crippen molar-refractivity contribution in [2.45, 2.75) is 25.2 Å². The van der Waals surface area contributed by atoms with Crippen LogP contribution in [0.4, 0.5) is 10.1 Å². The molecule has 11 heteroatoms. The van der Waals surface area contributed by atoms with Crippen molar-refractivity contribution in [2.24, 2.45) is 0 Å². The fourth-order valence-electron chi connectivity index (χ4n) is 2.68. The molecule has 0 radical (unpaired) electrons. The molecule has 7 nitrogen and oxygen atoms in total. The van der Waals surface area contributed by atoms with Gasteiger partial charge in [0.05, 0.1) is 22.9 Å². The minimum atomic E-state index is -0.591. The number of nitrogens with one attached hydrogen (secondary N) is 2. The minimum absolute atomic E-state index is 0.0376. The van der Waals surface area contributed by atoms with E-state index < -0.39 is 11.7 Å². The van der Waals surface area contributed by atoms with E-state index in [1.54, 1.807) is 28.8 Å². The molecule has 1 heterocycles. The van der Waals surface area contributed by atoms with Crippen LogP contribution in [-0.2, 0) is 17.9 Å². The van der Waals surface area contributed by atoms with Gasteiger partial charge in [-0.25, -0.2) is 4.39 Å². The largest absolute Gasteiger partial charge is 0.345 e. The quantitative estimate of drug-likeness (QED) is 0.422. The standard InChI is InChI=1S/C20H18BrClFN5O2S/c1-2-28-17(10-24-19(30)13-5-3-4-6-16(13)23)26-27-20(28)31-11-18(29)25-12-7-8-14(21)15(22)9-12/h3-9H,2,10-11H2,1H3,(H,24,30)(H,25,29). The van der Waals surface area contributed by atoms with Gasteiger partial charge in [0.15, 0.2) is 11.0 Å². The molecule has 0 saturated carbocycles. The summed E-state index contributed by atoms with van der Waals surface area (Å²) in [6.07, 6.45) is 0. The molecule has 0 bridgehead atoms. The third-order valence-electron chi connectivity index (χ3n) is 4.17. The van der Waals surface area contributed by atoms with Gasteiger partial charge in [0.2, 0.25) is 5.91 Å². The Balaban J connectivity index is 1.58. The van der Waals surface area contributed by atoms with E-state index in [1.807, 2.05) is 6.92 Å². The summed E-state index contributed by atoms with van der Waals surface area (Å²) in [6.45, 7) is 2.53. The Hall–Kier alpha value is -2.43. The number of hydrogen-bond donors (Lipinski definition) is 2. The lowest BCUT2D eigenvalue weighted by atomic mass is 10.2. The smallest absolute Gasteiger partial charge is 0.254 e. The molecule has 3 rings (SSSR count). The molecule has 0 unspecified atom stereocenters. The Morgan fingerprint density at radius 1 is 1.23 bits per heavy atom. The van der Waals surface area contributed by atoms with E-state index in [0.717, 1.165) is 4.47 Å². The number of carbonyl (C=O) groups excluding carboxylic acids is 2. The van der Waals surface area contributed by atoms with Crippen LogP contribution >= 0.6 is 39.3 Å². The lowest BCUT2D eigenvalue weighted by Gasteiger charge is -2.09. The van der Waals surface area contributed by atoms with Crippen LogP contribution in [-0.4, -0.2) is 32.3 Å². The van der Waals surface area contributed by atoms with Crippen LogP contribution in [0.2, 0.25) is 5.02 Å². The Kier molecular flexibility index (Phi) is 8.05. The number of nitrogens with zero attached hydrogens (tertiary/aromatic N) is 3. The zero-order chi connectivity index (χ0) is 22.4. The number of hydrogen-bond acceptors (Lipinski definition) is 5. The summed E-state index contributed by atoms with van der Waals surface area (Å²) in [6, 6.07) is 10.9. The highest BCUT2D eigenvalue weighted by Crippen LogP contribution is 2.26. The first-order valence-corrected chi connectivity index (χ1v) is 11.4. The number of rotatable bonds is 8. The highest BCUT2D eigenvalue weighted by Gasteiger charge is 2.16. The zero-order valence-corrected chi connectivity index (χ0v) is 19.5. The van der Waals surface area contributed by atoms with Gasteiger partial charge in [-0.1, -0.05) is 35.5 Å². The molecule has 0 atom stereocenters. The van der Waals surface area contributed by atoms with Gasteiger partial charge in [-0.3, -0.25) is 9.59 Å². The normalized spacial score (nSPS) is 10.7. The van der Waals surface area contributed by atoms with Crippen molar-refractivity contribution in [3.05, 3.63) is 69.2 Å². The number of benzene rings is 2. The molecular weight excluding hydrogens is 509 g/mol. The van der Waals surface area contributed by atoms with Crippen molar-refractivity contribution in [2.75, 3.05) is 11.1 Å². The summed E-state index contributed by atoms with van der Waals surface area (Å²) in [7, 11) is 0. The lowest BCUT2D eigenvalue weighted by Crippen LogP contribution is -2.25. The second kappa shape index (κ2) is 10.7. The van der Waals surface area contributed by atoms with Gasteiger partial charge in [0.25, 0.3) is 5.91 Å². The highest BCUT2D eigenvalue weighted by molar-refractivity contribution is 9.10. The monoisotopic (exact) mass is 525 g/mol. The molecule has 0 aliphatic carbocycles. The fraction of sp³-hybridized carbons (Fsp3) is 0.200. The lowest BCUT2D eigenvalue weighted by molar-refractivity contribution is -0.113. The first-order valence-electron chi connectivity index (χ1n) is 9.21. The molecule has 2 amide bonds. The predicted octanol–water partition coefficient (Wildman–Crippen LogP) is 4.51. The number of aromatic nitrogens is 3. The number of carbonyl (C=O) groups is 2. The van der Waals surface area contributed by atoms with Crippen LogP contribution in [0.3, 0.4) is 0 Å². The maximum absolute atomic E-state index is 13.7. The van der Waals surface area contributed by atoms with Crippen molar-refractivity contribution < 1.29 is 14.0 Å². The maximum atomic E-state index is 13.7. The summed E-state index contributed by atoms with van der Waals surface area (Å²) >= 11 is 10.6. The Bertz CT molecular complexity index is 1110. The number of thioether (sulfide) groups is 1. The summed E-state index contributed by atoms with van der Waals surface area (Å²) < 4.78 is 16.3. The first kappa shape index (κ1) is 23.2. The molecule has 0 spiro atoms. The van der Waals surface area contributed by atoms with E-state index in [0.29, 0.717) is 28.2 Å². The van der Waals surface area contributed by atoms with Gasteiger partial charge >= 0.3 is 0 Å². The van der Waals surface area contributed by atoms with Crippen LogP contribution in [0.15, 0.2) is 52.1 Å². The first-order chi connectivity index (χ1) is 14.9. The molecule has 31 heavy (non-hydrogen) atoms. The molecule has 3 aromatic rings. The van der Waals surface area contributed by atoms with Crippen LogP contribution in [0.5, 0.6) is 0 Å². The van der Waals surface area contributed by atoms with Crippen LogP contribution < -0.4 is 10.6 Å². The second-order valence-corrected chi connectivity index (χ2v) is 8.48. The molecule has 0 aliphatic rings. The van der Waals surface area contributed by atoms with E-state index >= 15 is 0 Å². The van der Waals surface area contributed by atoms with Crippen LogP contribution in [0.1, 0.15) is 23.1 Å². The molecule has 162 valence electrons. The number of halogens is 3. The molecule has 2 aromatic carbocycles. The van der Waals surface area contributed by atoms with Gasteiger partial charge in [-0.2, -0.15) is 0 Å². The molecule has 2 N–H and O–H groups in total. The van der Waals surface area contributed by atoms with E-state index in [9.17, 15) is 14.0 Å². The van der Waals surface area contributed by atoms with Crippen molar-refractivity contribution in [3.8, 4) is 0 Å². The molecule has 0 fully saturated rings. The summed E-state index contributed by atoms with van der Waals surface area (Å²) in [5.74, 6) is -0.720. The summed E-state index contributed by atoms with van der Waals surface area (Å²) in [5, 5.41) is 14.6. The summed E-state index contributed by atoms with van der Waals surface area (Å²) in [5.41, 5.74) is 0.552. The van der Waals surface area contributed by atoms with Crippen molar-refractivity contribution in [3.63, 3.8) is 0 Å². The molecule has 0 aliphatic heterocycles.